The third-order valence-electron chi connectivity index (χ3n) is 4.74. The Morgan fingerprint density at radius 2 is 2.04 bits per heavy atom. The number of rotatable bonds is 6. The van der Waals surface area contributed by atoms with Crippen LogP contribution in [0.15, 0.2) is 42.5 Å². The first-order chi connectivity index (χ1) is 13.5. The molecule has 0 aliphatic carbocycles. The molecule has 0 radical (unpaired) electrons. The molecule has 1 amide bonds. The van der Waals surface area contributed by atoms with Crippen LogP contribution in [0, 0.1) is 0 Å². The summed E-state index contributed by atoms with van der Waals surface area (Å²) in [5.74, 6) is -1.10. The maximum Gasteiger partial charge on any atom is 0.306 e. The van der Waals surface area contributed by atoms with E-state index in [2.05, 4.69) is 10.3 Å². The number of thiazole rings is 1. The number of ether oxygens (including phenoxy) is 1. The van der Waals surface area contributed by atoms with Gasteiger partial charge in [-0.15, -0.1) is 11.3 Å². The van der Waals surface area contributed by atoms with Gasteiger partial charge in [-0.2, -0.15) is 0 Å². The van der Waals surface area contributed by atoms with E-state index < -0.39 is 5.97 Å². The van der Waals surface area contributed by atoms with Gasteiger partial charge in [-0.1, -0.05) is 12.1 Å². The zero-order chi connectivity index (χ0) is 19.7. The molecule has 0 saturated carbocycles. The van der Waals surface area contributed by atoms with Crippen molar-refractivity contribution in [3.63, 3.8) is 0 Å². The summed E-state index contributed by atoms with van der Waals surface area (Å²) < 4.78 is 6.21. The number of hydrogen-bond donors (Lipinski definition) is 1. The van der Waals surface area contributed by atoms with Crippen LogP contribution in [0.2, 0.25) is 0 Å². The second kappa shape index (κ2) is 7.52. The number of hydrogen-bond acceptors (Lipinski definition) is 6. The van der Waals surface area contributed by atoms with Crippen LogP contribution >= 0.6 is 11.3 Å². The predicted molar refractivity (Wildman–Crippen MR) is 107 cm³/mol. The highest BCUT2D eigenvalue weighted by molar-refractivity contribution is 7.18. The predicted octanol–water partition coefficient (Wildman–Crippen LogP) is 3.71. The first-order valence-corrected chi connectivity index (χ1v) is 9.81. The zero-order valence-corrected chi connectivity index (χ0v) is 16.0. The van der Waals surface area contributed by atoms with Crippen molar-refractivity contribution in [2.75, 3.05) is 11.9 Å². The summed E-state index contributed by atoms with van der Waals surface area (Å²) in [6.07, 6.45) is 0.656. The minimum Gasteiger partial charge on any atom is -0.457 e. The van der Waals surface area contributed by atoms with Crippen LogP contribution in [-0.2, 0) is 20.7 Å². The number of para-hydroxylation sites is 1. The molecule has 1 aliphatic heterocycles. The van der Waals surface area contributed by atoms with Crippen LogP contribution in [0.3, 0.4) is 0 Å². The topological polar surface area (TPSA) is 85.4 Å². The molecule has 142 valence electrons. The van der Waals surface area contributed by atoms with E-state index in [1.807, 2.05) is 24.3 Å². The summed E-state index contributed by atoms with van der Waals surface area (Å²) in [6, 6.07) is 12.8. The normalized spacial score (nSPS) is 15.3. The average molecular weight is 394 g/mol. The van der Waals surface area contributed by atoms with E-state index in [1.54, 1.807) is 36.5 Å². The Morgan fingerprint density at radius 3 is 2.86 bits per heavy atom. The number of carbonyl (C=O) groups is 3. The molecule has 1 aromatic heterocycles. The molecule has 3 aromatic rings. The van der Waals surface area contributed by atoms with E-state index in [0.29, 0.717) is 12.0 Å². The van der Waals surface area contributed by atoms with Crippen molar-refractivity contribution in [3.05, 3.63) is 58.6 Å². The molecule has 1 aliphatic rings. The molecule has 0 unspecified atom stereocenters. The SMILES string of the molecule is C[C@@H]1C(=O)Nc2ccc(C(=O)COC(=O)CCc3nc4ccccc4s3)cc21. The van der Waals surface area contributed by atoms with E-state index in [0.717, 1.165) is 26.5 Å². The number of fused-ring (bicyclic) bond motifs is 2. The number of ketones is 1. The lowest BCUT2D eigenvalue weighted by atomic mass is 9.99. The largest absolute Gasteiger partial charge is 0.457 e. The number of aryl methyl sites for hydroxylation is 1. The van der Waals surface area contributed by atoms with Gasteiger partial charge in [0.15, 0.2) is 12.4 Å². The molecule has 2 aromatic carbocycles. The van der Waals surface area contributed by atoms with Crippen molar-refractivity contribution in [1.29, 1.82) is 0 Å². The molecule has 0 bridgehead atoms. The van der Waals surface area contributed by atoms with Gasteiger partial charge in [0.2, 0.25) is 5.91 Å². The number of benzene rings is 2. The van der Waals surface area contributed by atoms with Gasteiger partial charge in [-0.05, 0) is 42.8 Å². The van der Waals surface area contributed by atoms with Crippen molar-refractivity contribution in [3.8, 4) is 0 Å². The molecular formula is C21H18N2O4S. The third-order valence-corrected chi connectivity index (χ3v) is 5.83. The second-order valence-corrected chi connectivity index (χ2v) is 7.79. The van der Waals surface area contributed by atoms with Gasteiger partial charge in [0, 0.05) is 17.7 Å². The molecule has 4 rings (SSSR count). The highest BCUT2D eigenvalue weighted by Gasteiger charge is 2.27. The highest BCUT2D eigenvalue weighted by Crippen LogP contribution is 2.32. The fraction of sp³-hybridized carbons (Fsp3) is 0.238. The van der Waals surface area contributed by atoms with Gasteiger partial charge in [0.1, 0.15) is 0 Å². The van der Waals surface area contributed by atoms with Crippen LogP contribution in [0.4, 0.5) is 5.69 Å². The Labute approximate surface area is 165 Å². The van der Waals surface area contributed by atoms with Crippen LogP contribution in [0.25, 0.3) is 10.2 Å². The maximum atomic E-state index is 12.3. The van der Waals surface area contributed by atoms with E-state index >= 15 is 0 Å². The molecule has 1 atom stereocenters. The van der Waals surface area contributed by atoms with Crippen molar-refractivity contribution in [2.24, 2.45) is 0 Å². The first-order valence-electron chi connectivity index (χ1n) is 8.99. The summed E-state index contributed by atoms with van der Waals surface area (Å²) in [5.41, 5.74) is 2.87. The molecule has 1 N–H and O–H groups in total. The first kappa shape index (κ1) is 18.3. The van der Waals surface area contributed by atoms with Crippen LogP contribution < -0.4 is 5.32 Å². The average Bonchev–Trinajstić information content (AvgIpc) is 3.24. The quantitative estimate of drug-likeness (QED) is 0.509. The molecular weight excluding hydrogens is 376 g/mol. The molecule has 7 heteroatoms. The summed E-state index contributed by atoms with van der Waals surface area (Å²) >= 11 is 1.55. The molecule has 28 heavy (non-hydrogen) atoms. The second-order valence-electron chi connectivity index (χ2n) is 6.67. The number of esters is 1. The number of aromatic nitrogens is 1. The summed E-state index contributed by atoms with van der Waals surface area (Å²) in [4.78, 5) is 40.5. The number of nitrogens with zero attached hydrogens (tertiary/aromatic N) is 1. The number of Topliss-reactive ketones (excluding diaryl/α,β-unsaturated/α-hetero) is 1. The fourth-order valence-corrected chi connectivity index (χ4v) is 4.09. The molecule has 0 fully saturated rings. The van der Waals surface area contributed by atoms with Gasteiger partial charge in [0.25, 0.3) is 0 Å². The summed E-state index contributed by atoms with van der Waals surface area (Å²) in [7, 11) is 0. The Hall–Kier alpha value is -3.06. The standard InChI is InChI=1S/C21H18N2O4S/c1-12-14-10-13(6-7-15(14)23-21(12)26)17(24)11-27-20(25)9-8-19-22-16-4-2-3-5-18(16)28-19/h2-7,10,12H,8-9,11H2,1H3,(H,23,26)/t12-/m0/s1. The lowest BCUT2D eigenvalue weighted by Crippen LogP contribution is -2.14. The monoisotopic (exact) mass is 394 g/mol. The number of nitrogens with one attached hydrogen (secondary N) is 1. The van der Waals surface area contributed by atoms with Gasteiger partial charge in [-0.3, -0.25) is 14.4 Å². The molecule has 2 heterocycles. The van der Waals surface area contributed by atoms with Crippen LogP contribution in [0.1, 0.15) is 40.2 Å². The van der Waals surface area contributed by atoms with Crippen LogP contribution in [0.5, 0.6) is 0 Å². The van der Waals surface area contributed by atoms with Gasteiger partial charge in [0.05, 0.1) is 27.6 Å². The van der Waals surface area contributed by atoms with Gasteiger partial charge < -0.3 is 10.1 Å². The lowest BCUT2D eigenvalue weighted by molar-refractivity contribution is -0.142. The molecule has 0 saturated heterocycles. The van der Waals surface area contributed by atoms with Crippen molar-refractivity contribution < 1.29 is 19.1 Å². The minimum atomic E-state index is -0.432. The number of anilines is 1. The number of carbonyl (C=O) groups excluding carboxylic acids is 3. The highest BCUT2D eigenvalue weighted by atomic mass is 32.1. The van der Waals surface area contributed by atoms with E-state index in [1.165, 1.54) is 0 Å². The van der Waals surface area contributed by atoms with E-state index in [4.69, 9.17) is 4.74 Å². The van der Waals surface area contributed by atoms with Crippen molar-refractivity contribution in [1.82, 2.24) is 4.98 Å². The summed E-state index contributed by atoms with van der Waals surface area (Å²) in [6.45, 7) is 1.48. The van der Waals surface area contributed by atoms with Crippen molar-refractivity contribution >= 4 is 44.9 Å². The smallest absolute Gasteiger partial charge is 0.306 e. The Bertz CT molecular complexity index is 1060. The molecule has 0 spiro atoms. The minimum absolute atomic E-state index is 0.0825. The number of amides is 1. The Balaban J connectivity index is 1.31. The third kappa shape index (κ3) is 3.66. The molecule has 6 nitrogen and oxygen atoms in total. The van der Waals surface area contributed by atoms with Crippen LogP contribution in [-0.4, -0.2) is 29.3 Å². The summed E-state index contributed by atoms with van der Waals surface area (Å²) in [5, 5.41) is 3.63. The van der Waals surface area contributed by atoms with Crippen molar-refractivity contribution in [2.45, 2.75) is 25.7 Å². The lowest BCUT2D eigenvalue weighted by Gasteiger charge is -2.06. The Morgan fingerprint density at radius 1 is 1.21 bits per heavy atom. The van der Waals surface area contributed by atoms with E-state index in [-0.39, 0.29) is 30.6 Å². The maximum absolute atomic E-state index is 12.3. The fourth-order valence-electron chi connectivity index (χ4n) is 3.13. The zero-order valence-electron chi connectivity index (χ0n) is 15.2. The Kier molecular flexibility index (Phi) is 4.92. The van der Waals surface area contributed by atoms with Gasteiger partial charge >= 0.3 is 5.97 Å². The van der Waals surface area contributed by atoms with E-state index in [9.17, 15) is 14.4 Å². The van der Waals surface area contributed by atoms with Gasteiger partial charge in [-0.25, -0.2) is 4.98 Å².